The summed E-state index contributed by atoms with van der Waals surface area (Å²) in [5.41, 5.74) is 2.36. The molecule has 3 aromatic rings. The number of hydrogen-bond acceptors (Lipinski definition) is 7. The van der Waals surface area contributed by atoms with E-state index in [0.717, 1.165) is 50.9 Å². The van der Waals surface area contributed by atoms with Gasteiger partial charge in [0.15, 0.2) is 11.5 Å². The Morgan fingerprint density at radius 3 is 2.48 bits per heavy atom. The van der Waals surface area contributed by atoms with Crippen molar-refractivity contribution in [2.45, 2.75) is 43.9 Å². The second-order valence-electron chi connectivity index (χ2n) is 10.2. The van der Waals surface area contributed by atoms with Crippen molar-refractivity contribution in [3.63, 3.8) is 0 Å². The van der Waals surface area contributed by atoms with E-state index in [-0.39, 0.29) is 12.1 Å². The normalized spacial score (nSPS) is 19.0. The van der Waals surface area contributed by atoms with Crippen LogP contribution in [-0.2, 0) is 0 Å². The van der Waals surface area contributed by atoms with Gasteiger partial charge in [0.05, 0.1) is 37.7 Å². The molecular formula is C31H35N5O4. The molecule has 3 unspecified atom stereocenters. The predicted octanol–water partition coefficient (Wildman–Crippen LogP) is 5.25. The first-order chi connectivity index (χ1) is 19.6. The van der Waals surface area contributed by atoms with Crippen molar-refractivity contribution in [3.8, 4) is 23.3 Å². The van der Waals surface area contributed by atoms with Crippen LogP contribution in [0.2, 0.25) is 0 Å². The average molecular weight is 542 g/mol. The highest BCUT2D eigenvalue weighted by Gasteiger charge is 2.41. The highest BCUT2D eigenvalue weighted by molar-refractivity contribution is 5.89. The number of hydrogen-bond donors (Lipinski definition) is 1. The fraction of sp³-hybridized carbons (Fsp3) is 0.387. The van der Waals surface area contributed by atoms with Crippen LogP contribution in [0.3, 0.4) is 0 Å². The van der Waals surface area contributed by atoms with E-state index in [2.05, 4.69) is 21.3 Å². The zero-order valence-electron chi connectivity index (χ0n) is 23.0. The Bertz CT molecular complexity index is 1310. The maximum atomic E-state index is 12.9. The minimum absolute atomic E-state index is 0.0613. The van der Waals surface area contributed by atoms with Crippen molar-refractivity contribution in [2.24, 2.45) is 0 Å². The Morgan fingerprint density at radius 1 is 1.07 bits per heavy atom. The number of urea groups is 1. The van der Waals surface area contributed by atoms with Crippen LogP contribution in [0.1, 0.15) is 42.9 Å². The molecule has 3 heterocycles. The standard InChI is InChI=1S/C31H35N5O4/c1-38-29-14-13-27(17-30(29)39-2)40-28(23-9-7-22(18-32)8-10-23)6-4-16-36-25-11-12-26(36)21-35(20-25)31(37)34-24-5-3-15-33-19-24/h3,5,7-10,13-15,17,19,25-26,28H,4,6,11-12,16,20-21H2,1-2H3,(H,34,37). The number of anilines is 1. The lowest BCUT2D eigenvalue weighted by Crippen LogP contribution is -2.56. The summed E-state index contributed by atoms with van der Waals surface area (Å²) in [7, 11) is 3.22. The van der Waals surface area contributed by atoms with Crippen LogP contribution in [0.25, 0.3) is 0 Å². The molecule has 3 atom stereocenters. The van der Waals surface area contributed by atoms with E-state index in [4.69, 9.17) is 14.2 Å². The van der Waals surface area contributed by atoms with Crippen molar-refractivity contribution in [2.75, 3.05) is 39.2 Å². The molecule has 2 saturated heterocycles. The second kappa shape index (κ2) is 12.7. The van der Waals surface area contributed by atoms with Crippen LogP contribution in [0, 0.1) is 11.3 Å². The van der Waals surface area contributed by atoms with Crippen molar-refractivity contribution in [1.29, 1.82) is 5.26 Å². The van der Waals surface area contributed by atoms with Gasteiger partial charge in [-0.05, 0) is 74.2 Å². The van der Waals surface area contributed by atoms with Crippen LogP contribution >= 0.6 is 0 Å². The van der Waals surface area contributed by atoms with Gasteiger partial charge < -0.3 is 24.4 Å². The largest absolute Gasteiger partial charge is 0.493 e. The van der Waals surface area contributed by atoms with E-state index in [1.807, 2.05) is 59.5 Å². The lowest BCUT2D eigenvalue weighted by atomic mass is 10.0. The summed E-state index contributed by atoms with van der Waals surface area (Å²) in [5.74, 6) is 1.95. The minimum atomic E-state index is -0.185. The van der Waals surface area contributed by atoms with Gasteiger partial charge in [-0.25, -0.2) is 4.79 Å². The molecule has 40 heavy (non-hydrogen) atoms. The van der Waals surface area contributed by atoms with Gasteiger partial charge in [-0.15, -0.1) is 0 Å². The van der Waals surface area contributed by atoms with E-state index in [1.165, 1.54) is 0 Å². The van der Waals surface area contributed by atoms with Crippen molar-refractivity contribution in [1.82, 2.24) is 14.8 Å². The molecule has 0 saturated carbocycles. The first kappa shape index (κ1) is 27.3. The third-order valence-electron chi connectivity index (χ3n) is 7.76. The second-order valence-corrected chi connectivity index (χ2v) is 10.2. The fourth-order valence-corrected chi connectivity index (χ4v) is 5.74. The molecule has 2 bridgehead atoms. The van der Waals surface area contributed by atoms with Gasteiger partial charge in [-0.1, -0.05) is 12.1 Å². The van der Waals surface area contributed by atoms with Crippen LogP contribution in [-0.4, -0.2) is 66.8 Å². The fourth-order valence-electron chi connectivity index (χ4n) is 5.74. The number of likely N-dealkylation sites (tertiary alicyclic amines) is 1. The Labute approximate surface area is 235 Å². The quantitative estimate of drug-likeness (QED) is 0.374. The third-order valence-corrected chi connectivity index (χ3v) is 7.76. The maximum Gasteiger partial charge on any atom is 0.321 e. The molecule has 5 rings (SSSR count). The number of carbonyl (C=O) groups excluding carboxylic acids is 1. The number of carbonyl (C=O) groups is 1. The molecule has 1 aromatic heterocycles. The van der Waals surface area contributed by atoms with Crippen molar-refractivity contribution >= 4 is 11.7 Å². The highest BCUT2D eigenvalue weighted by atomic mass is 16.5. The smallest absolute Gasteiger partial charge is 0.321 e. The number of ether oxygens (including phenoxy) is 3. The van der Waals surface area contributed by atoms with Gasteiger partial charge >= 0.3 is 6.03 Å². The molecule has 2 aliphatic rings. The molecule has 0 aliphatic carbocycles. The molecule has 1 N–H and O–H groups in total. The number of benzene rings is 2. The molecule has 0 radical (unpaired) electrons. The number of rotatable bonds is 10. The van der Waals surface area contributed by atoms with E-state index < -0.39 is 0 Å². The number of methoxy groups -OCH3 is 2. The summed E-state index contributed by atoms with van der Waals surface area (Å²) in [5, 5.41) is 12.2. The summed E-state index contributed by atoms with van der Waals surface area (Å²) in [6.07, 6.45) is 7.12. The molecule has 9 heteroatoms. The molecule has 2 fully saturated rings. The Hall–Kier alpha value is -4.29. The first-order valence-electron chi connectivity index (χ1n) is 13.7. The third kappa shape index (κ3) is 6.29. The number of aromatic nitrogens is 1. The number of fused-ring (bicyclic) bond motifs is 2. The molecular weight excluding hydrogens is 506 g/mol. The van der Waals surface area contributed by atoms with Crippen LogP contribution in [0.5, 0.6) is 17.2 Å². The number of amides is 2. The SMILES string of the molecule is COc1ccc(OC(CCCN2C3CCC2CN(C(=O)Nc2cccnc2)C3)c2ccc(C#N)cc2)cc1OC. The monoisotopic (exact) mass is 541 g/mol. The van der Waals surface area contributed by atoms with Crippen LogP contribution in [0.15, 0.2) is 67.0 Å². The van der Waals surface area contributed by atoms with Gasteiger partial charge in [0.2, 0.25) is 0 Å². The first-order valence-corrected chi connectivity index (χ1v) is 13.7. The molecule has 0 spiro atoms. The summed E-state index contributed by atoms with van der Waals surface area (Å²) in [6.45, 7) is 2.39. The number of nitrogens with one attached hydrogen (secondary N) is 1. The zero-order chi connectivity index (χ0) is 27.9. The van der Waals surface area contributed by atoms with E-state index in [1.54, 1.807) is 26.6 Å². The molecule has 208 valence electrons. The Kier molecular flexibility index (Phi) is 8.67. The summed E-state index contributed by atoms with van der Waals surface area (Å²) in [4.78, 5) is 21.5. The minimum Gasteiger partial charge on any atom is -0.493 e. The topological polar surface area (TPSA) is 100.0 Å². The summed E-state index contributed by atoms with van der Waals surface area (Å²) in [6, 6.07) is 19.7. The summed E-state index contributed by atoms with van der Waals surface area (Å²) < 4.78 is 17.3. The molecule has 2 amide bonds. The predicted molar refractivity (Wildman–Crippen MR) is 152 cm³/mol. The van der Waals surface area contributed by atoms with Crippen molar-refractivity contribution in [3.05, 3.63) is 78.1 Å². The number of piperazine rings is 1. The lowest BCUT2D eigenvalue weighted by molar-refractivity contribution is 0.0813. The van der Waals surface area contributed by atoms with Crippen LogP contribution in [0.4, 0.5) is 10.5 Å². The lowest BCUT2D eigenvalue weighted by Gasteiger charge is -2.41. The van der Waals surface area contributed by atoms with Crippen LogP contribution < -0.4 is 19.5 Å². The van der Waals surface area contributed by atoms with Gasteiger partial charge in [0, 0.05) is 37.4 Å². The zero-order valence-corrected chi connectivity index (χ0v) is 23.0. The van der Waals surface area contributed by atoms with E-state index in [9.17, 15) is 10.1 Å². The van der Waals surface area contributed by atoms with Gasteiger partial charge in [-0.3, -0.25) is 9.88 Å². The van der Waals surface area contributed by atoms with Gasteiger partial charge in [0.1, 0.15) is 11.9 Å². The Morgan fingerprint density at radius 2 is 1.82 bits per heavy atom. The molecule has 2 aliphatic heterocycles. The number of pyridine rings is 1. The van der Waals surface area contributed by atoms with E-state index >= 15 is 0 Å². The van der Waals surface area contributed by atoms with Gasteiger partial charge in [0.25, 0.3) is 0 Å². The highest BCUT2D eigenvalue weighted by Crippen LogP contribution is 2.35. The Balaban J connectivity index is 1.21. The number of nitriles is 1. The average Bonchev–Trinajstić information content (AvgIpc) is 3.22. The molecule has 9 nitrogen and oxygen atoms in total. The van der Waals surface area contributed by atoms with Crippen molar-refractivity contribution < 1.29 is 19.0 Å². The van der Waals surface area contributed by atoms with Gasteiger partial charge in [-0.2, -0.15) is 5.26 Å². The van der Waals surface area contributed by atoms with E-state index in [0.29, 0.717) is 40.6 Å². The molecule has 2 aromatic carbocycles. The number of nitrogens with zero attached hydrogens (tertiary/aromatic N) is 4. The summed E-state index contributed by atoms with van der Waals surface area (Å²) >= 11 is 0. The maximum absolute atomic E-state index is 12.9.